The molecular formula is C12H14O. The van der Waals surface area contributed by atoms with Crippen molar-refractivity contribution in [1.82, 2.24) is 0 Å². The van der Waals surface area contributed by atoms with Crippen molar-refractivity contribution in [3.8, 4) is 0 Å². The third-order valence-electron chi connectivity index (χ3n) is 2.50. The molecule has 1 aromatic carbocycles. The van der Waals surface area contributed by atoms with Gasteiger partial charge >= 0.3 is 0 Å². The molecule has 1 fully saturated rings. The van der Waals surface area contributed by atoms with E-state index in [1.54, 1.807) is 0 Å². The zero-order chi connectivity index (χ0) is 9.10. The highest BCUT2D eigenvalue weighted by atomic mass is 16.5. The van der Waals surface area contributed by atoms with Crippen LogP contribution in [0.1, 0.15) is 25.0 Å². The summed E-state index contributed by atoms with van der Waals surface area (Å²) in [4.78, 5) is 0. The van der Waals surface area contributed by atoms with E-state index in [2.05, 4.69) is 37.3 Å². The van der Waals surface area contributed by atoms with Crippen molar-refractivity contribution in [3.63, 3.8) is 0 Å². The van der Waals surface area contributed by atoms with Gasteiger partial charge in [-0.25, -0.2) is 0 Å². The maximum Gasteiger partial charge on any atom is 0.0867 e. The van der Waals surface area contributed by atoms with Crippen LogP contribution in [0.2, 0.25) is 0 Å². The summed E-state index contributed by atoms with van der Waals surface area (Å²) in [5, 5.41) is 0. The highest BCUT2D eigenvalue weighted by molar-refractivity contribution is 5.22. The Morgan fingerprint density at radius 1 is 1.31 bits per heavy atom. The lowest BCUT2D eigenvalue weighted by Gasteiger charge is -2.07. The van der Waals surface area contributed by atoms with Crippen molar-refractivity contribution in [2.24, 2.45) is 0 Å². The molecule has 1 nitrogen and oxygen atoms in total. The molecule has 1 aromatic rings. The normalized spacial score (nSPS) is 25.3. The van der Waals surface area contributed by atoms with Crippen LogP contribution in [0, 0.1) is 0 Å². The lowest BCUT2D eigenvalue weighted by molar-refractivity contribution is 0.114. The first-order valence-corrected chi connectivity index (χ1v) is 4.71. The van der Waals surface area contributed by atoms with Crippen molar-refractivity contribution in [2.45, 2.75) is 19.4 Å². The number of ether oxygens (including phenoxy) is 1. The van der Waals surface area contributed by atoms with Gasteiger partial charge in [-0.05, 0) is 18.1 Å². The van der Waals surface area contributed by atoms with Gasteiger partial charge in [0, 0.05) is 6.42 Å². The summed E-state index contributed by atoms with van der Waals surface area (Å²) in [6.45, 7) is 2.88. The molecule has 0 radical (unpaired) electrons. The minimum atomic E-state index is 0.285. The van der Waals surface area contributed by atoms with Gasteiger partial charge in [-0.3, -0.25) is 0 Å². The average molecular weight is 174 g/mol. The molecule has 0 aromatic heterocycles. The van der Waals surface area contributed by atoms with E-state index < -0.39 is 0 Å². The van der Waals surface area contributed by atoms with Gasteiger partial charge in [0.25, 0.3) is 0 Å². The zero-order valence-electron chi connectivity index (χ0n) is 7.86. The highest BCUT2D eigenvalue weighted by Crippen LogP contribution is 2.31. The van der Waals surface area contributed by atoms with Crippen LogP contribution in [0.3, 0.4) is 0 Å². The molecule has 0 saturated carbocycles. The zero-order valence-corrected chi connectivity index (χ0v) is 7.86. The first kappa shape index (κ1) is 8.52. The van der Waals surface area contributed by atoms with Crippen LogP contribution < -0.4 is 0 Å². The Morgan fingerprint density at radius 2 is 2.08 bits per heavy atom. The van der Waals surface area contributed by atoms with Gasteiger partial charge in [0.15, 0.2) is 0 Å². The van der Waals surface area contributed by atoms with Crippen molar-refractivity contribution in [3.05, 3.63) is 47.5 Å². The quantitative estimate of drug-likeness (QED) is 0.594. The van der Waals surface area contributed by atoms with Gasteiger partial charge < -0.3 is 4.74 Å². The number of hydrogen-bond donors (Lipinski definition) is 0. The molecule has 1 saturated heterocycles. The van der Waals surface area contributed by atoms with Gasteiger partial charge in [-0.2, -0.15) is 0 Å². The fraction of sp³-hybridized carbons (Fsp3) is 0.333. The Bertz CT molecular complexity index is 300. The Labute approximate surface area is 79.0 Å². The minimum Gasteiger partial charge on any atom is -0.369 e. The average Bonchev–Trinajstić information content (AvgIpc) is 2.67. The predicted octanol–water partition coefficient (Wildman–Crippen LogP) is 3.09. The second-order valence-corrected chi connectivity index (χ2v) is 3.36. The monoisotopic (exact) mass is 174 g/mol. The molecule has 1 atom stereocenters. The molecule has 0 amide bonds. The standard InChI is InChI=1S/C12H14O/c1-2-10-8-12(13-9-10)11-6-4-3-5-7-11/h2-7,12H,8-9H2,1H3/b10-2+. The van der Waals surface area contributed by atoms with Crippen LogP contribution in [0.25, 0.3) is 0 Å². The Balaban J connectivity index is 2.13. The summed E-state index contributed by atoms with van der Waals surface area (Å²) in [6.07, 6.45) is 3.50. The summed E-state index contributed by atoms with van der Waals surface area (Å²) in [7, 11) is 0. The van der Waals surface area contributed by atoms with Crippen LogP contribution in [-0.4, -0.2) is 6.61 Å². The van der Waals surface area contributed by atoms with Crippen LogP contribution in [0.15, 0.2) is 42.0 Å². The SMILES string of the molecule is C/C=C1/COC(c2ccccc2)C1. The Morgan fingerprint density at radius 3 is 2.69 bits per heavy atom. The third-order valence-corrected chi connectivity index (χ3v) is 2.50. The second-order valence-electron chi connectivity index (χ2n) is 3.36. The van der Waals surface area contributed by atoms with E-state index in [4.69, 9.17) is 4.74 Å². The molecule has 0 N–H and O–H groups in total. The molecule has 68 valence electrons. The molecule has 1 aliphatic heterocycles. The minimum absolute atomic E-state index is 0.285. The number of benzene rings is 1. The molecule has 13 heavy (non-hydrogen) atoms. The maximum atomic E-state index is 5.67. The summed E-state index contributed by atoms with van der Waals surface area (Å²) in [6, 6.07) is 10.4. The highest BCUT2D eigenvalue weighted by Gasteiger charge is 2.20. The smallest absolute Gasteiger partial charge is 0.0867 e. The van der Waals surface area contributed by atoms with E-state index in [9.17, 15) is 0 Å². The van der Waals surface area contributed by atoms with E-state index in [-0.39, 0.29) is 6.10 Å². The molecule has 1 heteroatoms. The summed E-state index contributed by atoms with van der Waals surface area (Å²) in [5.74, 6) is 0. The predicted molar refractivity (Wildman–Crippen MR) is 53.5 cm³/mol. The largest absolute Gasteiger partial charge is 0.369 e. The van der Waals surface area contributed by atoms with E-state index in [0.717, 1.165) is 13.0 Å². The van der Waals surface area contributed by atoms with E-state index in [1.165, 1.54) is 11.1 Å². The maximum absolute atomic E-state index is 5.67. The Kier molecular flexibility index (Phi) is 2.46. The summed E-state index contributed by atoms with van der Waals surface area (Å²) >= 11 is 0. The van der Waals surface area contributed by atoms with Crippen molar-refractivity contribution in [2.75, 3.05) is 6.61 Å². The van der Waals surface area contributed by atoms with Gasteiger partial charge in [0.2, 0.25) is 0 Å². The molecular weight excluding hydrogens is 160 g/mol. The molecule has 0 aliphatic carbocycles. The fourth-order valence-corrected chi connectivity index (χ4v) is 1.65. The van der Waals surface area contributed by atoms with Crippen LogP contribution in [-0.2, 0) is 4.74 Å². The molecule has 2 rings (SSSR count). The van der Waals surface area contributed by atoms with Crippen LogP contribution >= 0.6 is 0 Å². The number of allylic oxidation sites excluding steroid dienone is 1. The van der Waals surface area contributed by atoms with Crippen molar-refractivity contribution in [1.29, 1.82) is 0 Å². The molecule has 1 aliphatic rings. The fourth-order valence-electron chi connectivity index (χ4n) is 1.65. The topological polar surface area (TPSA) is 9.23 Å². The van der Waals surface area contributed by atoms with Gasteiger partial charge in [-0.1, -0.05) is 36.4 Å². The molecule has 0 spiro atoms. The second kappa shape index (κ2) is 3.75. The first-order valence-electron chi connectivity index (χ1n) is 4.71. The van der Waals surface area contributed by atoms with E-state index in [0.29, 0.717) is 0 Å². The van der Waals surface area contributed by atoms with Crippen LogP contribution in [0.4, 0.5) is 0 Å². The lowest BCUT2D eigenvalue weighted by Crippen LogP contribution is -1.93. The Hall–Kier alpha value is -1.08. The van der Waals surface area contributed by atoms with Crippen molar-refractivity contribution < 1.29 is 4.74 Å². The first-order chi connectivity index (χ1) is 6.40. The molecule has 1 unspecified atom stereocenters. The van der Waals surface area contributed by atoms with E-state index in [1.807, 2.05) is 6.07 Å². The molecule has 0 bridgehead atoms. The summed E-state index contributed by atoms with van der Waals surface area (Å²) in [5.41, 5.74) is 2.70. The van der Waals surface area contributed by atoms with E-state index >= 15 is 0 Å². The summed E-state index contributed by atoms with van der Waals surface area (Å²) < 4.78 is 5.67. The van der Waals surface area contributed by atoms with Crippen LogP contribution in [0.5, 0.6) is 0 Å². The third kappa shape index (κ3) is 1.81. The van der Waals surface area contributed by atoms with Gasteiger partial charge in [-0.15, -0.1) is 0 Å². The van der Waals surface area contributed by atoms with Gasteiger partial charge in [0.05, 0.1) is 12.7 Å². The lowest BCUT2D eigenvalue weighted by atomic mass is 10.0. The number of rotatable bonds is 1. The van der Waals surface area contributed by atoms with Crippen molar-refractivity contribution >= 4 is 0 Å². The number of hydrogen-bond acceptors (Lipinski definition) is 1. The molecule has 1 heterocycles. The van der Waals surface area contributed by atoms with Gasteiger partial charge in [0.1, 0.15) is 0 Å².